The third kappa shape index (κ3) is 7.81. The van der Waals surface area contributed by atoms with Crippen LogP contribution in [0.2, 0.25) is 0 Å². The molecule has 7 aromatic rings. The van der Waals surface area contributed by atoms with E-state index in [2.05, 4.69) is 48.4 Å². The zero-order valence-electron chi connectivity index (χ0n) is 31.4. The molecular formula is C49H30B7N. The van der Waals surface area contributed by atoms with Crippen LogP contribution in [0.15, 0.2) is 180 Å². The maximum absolute atomic E-state index is 7.11. The molecule has 0 heterocycles. The first-order chi connectivity index (χ1) is 27.7. The maximum atomic E-state index is 7.11. The summed E-state index contributed by atoms with van der Waals surface area (Å²) < 4.78 is 0. The van der Waals surface area contributed by atoms with E-state index in [1.807, 2.05) is 126 Å². The highest BCUT2D eigenvalue weighted by atomic mass is 15.1. The summed E-state index contributed by atoms with van der Waals surface area (Å²) in [7, 11) is 48.6. The highest BCUT2D eigenvalue weighted by Gasteiger charge is 2.26. The molecule has 0 fully saturated rings. The van der Waals surface area contributed by atoms with Crippen molar-refractivity contribution in [3.05, 3.63) is 186 Å². The van der Waals surface area contributed by atoms with Crippen molar-refractivity contribution < 1.29 is 0 Å². The Hall–Kier alpha value is -6.17. The summed E-state index contributed by atoms with van der Waals surface area (Å²) in [6.07, 6.45) is 5.86. The van der Waals surface area contributed by atoms with Gasteiger partial charge in [0.1, 0.15) is 54.9 Å². The first-order valence-electron chi connectivity index (χ1n) is 18.4. The molecule has 1 nitrogen and oxygen atoms in total. The van der Waals surface area contributed by atoms with Crippen molar-refractivity contribution in [3.8, 4) is 56.9 Å². The Balaban J connectivity index is 1.57. The van der Waals surface area contributed by atoms with Gasteiger partial charge in [-0.25, -0.2) is 0 Å². The van der Waals surface area contributed by atoms with Crippen molar-refractivity contribution in [2.45, 2.75) is 0 Å². The van der Waals surface area contributed by atoms with Crippen LogP contribution in [0, 0.1) is 12.3 Å². The van der Waals surface area contributed by atoms with Crippen molar-refractivity contribution >= 4 is 93.7 Å². The molecule has 0 saturated heterocycles. The predicted molar refractivity (Wildman–Crippen MR) is 250 cm³/mol. The standard InChI is InChI=1S/C49H30B7N/c1-2-38(50)41(33-22-11-5-12-23-33)44(52)39(51)30-57(49-47(55)45(53)42(46(54)48(49)56)34-24-13-6-14-25-34)40-29-17-28-36(32-20-9-4-10-21-32)43(40)37-27-16-15-26-35(37)31-18-7-3-8-19-31/h1,3-29H,30H2/b41-38+,44-39-. The van der Waals surface area contributed by atoms with Gasteiger partial charge in [0.2, 0.25) is 0 Å². The monoisotopic (exact) mass is 709 g/mol. The normalized spacial score (nSPS) is 11.9. The fourth-order valence-electron chi connectivity index (χ4n) is 7.33. The van der Waals surface area contributed by atoms with Crippen LogP contribution in [-0.2, 0) is 0 Å². The summed E-state index contributed by atoms with van der Waals surface area (Å²) in [6, 6.07) is 53.7. The first kappa shape index (κ1) is 39.1. The average molecular weight is 708 g/mol. The minimum absolute atomic E-state index is 0.0171. The molecule has 0 spiro atoms. The smallest absolute Gasteiger partial charge is 0.127 e. The second-order valence-electron chi connectivity index (χ2n) is 13.5. The number of allylic oxidation sites excluding steroid dienone is 3. The quantitative estimate of drug-likeness (QED) is 0.0901. The molecule has 0 aliphatic rings. The average Bonchev–Trinajstić information content (AvgIpc) is 3.26. The Morgan fingerprint density at radius 2 is 0.930 bits per heavy atom. The molecule has 0 atom stereocenters. The molecule has 0 N–H and O–H groups in total. The third-order valence-corrected chi connectivity index (χ3v) is 10.1. The lowest BCUT2D eigenvalue weighted by molar-refractivity contribution is 1.09. The minimum Gasteiger partial charge on any atom is -0.339 e. The molecule has 14 radical (unpaired) electrons. The Bertz CT molecular complexity index is 2640. The molecule has 0 amide bonds. The molecule has 0 saturated carbocycles. The zero-order chi connectivity index (χ0) is 40.1. The van der Waals surface area contributed by atoms with Crippen LogP contribution in [0.5, 0.6) is 0 Å². The second-order valence-corrected chi connectivity index (χ2v) is 13.5. The van der Waals surface area contributed by atoms with E-state index in [-0.39, 0.29) is 44.8 Å². The number of hydrogen-bond acceptors (Lipinski definition) is 1. The van der Waals surface area contributed by atoms with Crippen molar-refractivity contribution in [1.82, 2.24) is 0 Å². The molecule has 0 aliphatic carbocycles. The number of nitrogens with zero attached hydrogens (tertiary/aromatic N) is 1. The van der Waals surface area contributed by atoms with Crippen LogP contribution in [0.1, 0.15) is 5.56 Å². The van der Waals surface area contributed by atoms with Crippen LogP contribution in [0.4, 0.5) is 11.4 Å². The highest BCUT2D eigenvalue weighted by Crippen LogP contribution is 2.45. The van der Waals surface area contributed by atoms with Crippen molar-refractivity contribution in [1.29, 1.82) is 0 Å². The van der Waals surface area contributed by atoms with Crippen molar-refractivity contribution in [2.24, 2.45) is 0 Å². The Kier molecular flexibility index (Phi) is 11.9. The number of terminal acetylenes is 1. The number of benzene rings is 7. The van der Waals surface area contributed by atoms with Gasteiger partial charge in [0.15, 0.2) is 0 Å². The summed E-state index contributed by atoms with van der Waals surface area (Å²) in [5.74, 6) is 2.55. The predicted octanol–water partition coefficient (Wildman–Crippen LogP) is 6.43. The highest BCUT2D eigenvalue weighted by molar-refractivity contribution is 6.63. The lowest BCUT2D eigenvalue weighted by atomic mass is 9.64. The molecular weight excluding hydrogens is 678 g/mol. The van der Waals surface area contributed by atoms with Crippen LogP contribution in [-0.4, -0.2) is 61.5 Å². The van der Waals surface area contributed by atoms with Gasteiger partial charge in [-0.05, 0) is 61.6 Å². The van der Waals surface area contributed by atoms with Gasteiger partial charge >= 0.3 is 0 Å². The minimum atomic E-state index is -0.0171. The number of anilines is 2. The van der Waals surface area contributed by atoms with E-state index in [0.29, 0.717) is 22.4 Å². The van der Waals surface area contributed by atoms with E-state index in [0.717, 1.165) is 44.6 Å². The Morgan fingerprint density at radius 1 is 0.474 bits per heavy atom. The number of rotatable bonds is 10. The van der Waals surface area contributed by atoms with E-state index in [4.69, 9.17) is 61.3 Å². The molecule has 0 bridgehead atoms. The molecule has 0 aliphatic heterocycles. The fourth-order valence-corrected chi connectivity index (χ4v) is 7.33. The second kappa shape index (κ2) is 17.3. The van der Waals surface area contributed by atoms with E-state index in [1.165, 1.54) is 0 Å². The van der Waals surface area contributed by atoms with Crippen LogP contribution >= 0.6 is 0 Å². The van der Waals surface area contributed by atoms with Crippen LogP contribution in [0.3, 0.4) is 0 Å². The van der Waals surface area contributed by atoms with Gasteiger partial charge in [0.05, 0.1) is 0 Å². The molecule has 8 heteroatoms. The SMILES string of the molecule is [B]/C(CN(c1cccc(-c2ccccc2)c1-c1ccccc1-c1ccccc1)c1c([B])c([B])c(-c2ccccc2)c([B])c1[B])=C([B])/C(=C(/[B])C#C)c1ccccc1. The van der Waals surface area contributed by atoms with Gasteiger partial charge < -0.3 is 4.90 Å². The van der Waals surface area contributed by atoms with Gasteiger partial charge in [0.25, 0.3) is 0 Å². The summed E-state index contributed by atoms with van der Waals surface area (Å²) in [4.78, 5) is 1.94. The molecule has 7 aromatic carbocycles. The lowest BCUT2D eigenvalue weighted by Gasteiger charge is -2.36. The third-order valence-electron chi connectivity index (χ3n) is 10.1. The molecule has 57 heavy (non-hydrogen) atoms. The maximum Gasteiger partial charge on any atom is 0.127 e. The van der Waals surface area contributed by atoms with E-state index in [1.54, 1.807) is 0 Å². The van der Waals surface area contributed by atoms with Crippen LogP contribution < -0.4 is 26.8 Å². The van der Waals surface area contributed by atoms with Gasteiger partial charge in [0, 0.05) is 23.5 Å². The summed E-state index contributed by atoms with van der Waals surface area (Å²) in [5, 5.41) is 0. The van der Waals surface area contributed by atoms with Crippen molar-refractivity contribution in [3.63, 3.8) is 0 Å². The largest absolute Gasteiger partial charge is 0.339 e. The fraction of sp³-hybridized carbons (Fsp3) is 0.0204. The Morgan fingerprint density at radius 3 is 1.47 bits per heavy atom. The van der Waals surface area contributed by atoms with Gasteiger partial charge in [-0.1, -0.05) is 191 Å². The zero-order valence-corrected chi connectivity index (χ0v) is 31.4. The molecule has 252 valence electrons. The molecule has 0 aromatic heterocycles. The summed E-state index contributed by atoms with van der Waals surface area (Å²) in [6.45, 7) is -0.0171. The summed E-state index contributed by atoms with van der Waals surface area (Å²) >= 11 is 0. The van der Waals surface area contributed by atoms with Gasteiger partial charge in [-0.2, -0.15) is 0 Å². The topological polar surface area (TPSA) is 3.24 Å². The van der Waals surface area contributed by atoms with E-state index < -0.39 is 0 Å². The Labute approximate surface area is 346 Å². The van der Waals surface area contributed by atoms with Crippen molar-refractivity contribution in [2.75, 3.05) is 11.4 Å². The number of hydrogen-bond donors (Lipinski definition) is 0. The van der Waals surface area contributed by atoms with Gasteiger partial charge in [-0.15, -0.1) is 11.9 Å². The lowest BCUT2D eigenvalue weighted by Crippen LogP contribution is -2.47. The summed E-state index contributed by atoms with van der Waals surface area (Å²) in [5.41, 5.74) is 11.0. The van der Waals surface area contributed by atoms with E-state index in [9.17, 15) is 0 Å². The first-order valence-corrected chi connectivity index (χ1v) is 18.4. The molecule has 0 unspecified atom stereocenters. The van der Waals surface area contributed by atoms with Crippen LogP contribution in [0.25, 0.3) is 50.1 Å². The van der Waals surface area contributed by atoms with Gasteiger partial charge in [-0.3, -0.25) is 0 Å². The van der Waals surface area contributed by atoms with E-state index >= 15 is 0 Å². The molecule has 7 rings (SSSR count).